The molecule has 26 heavy (non-hydrogen) atoms. The monoisotopic (exact) mass is 447 g/mol. The summed E-state index contributed by atoms with van der Waals surface area (Å²) >= 11 is 8.32. The Labute approximate surface area is 166 Å². The van der Waals surface area contributed by atoms with Gasteiger partial charge in [-0.2, -0.15) is 0 Å². The summed E-state index contributed by atoms with van der Waals surface area (Å²) in [6, 6.07) is 5.04. The van der Waals surface area contributed by atoms with Gasteiger partial charge in [-0.3, -0.25) is 25.8 Å². The molecule has 0 heterocycles. The summed E-state index contributed by atoms with van der Waals surface area (Å²) in [4.78, 5) is 24.0. The highest BCUT2D eigenvalue weighted by molar-refractivity contribution is 9.10. The number of nitrogens with one attached hydrogen (secondary N) is 3. The first-order chi connectivity index (χ1) is 12.5. The largest absolute Gasteiger partial charge is 0.490 e. The average Bonchev–Trinajstić information content (AvgIpc) is 2.61. The van der Waals surface area contributed by atoms with Gasteiger partial charge < -0.3 is 14.2 Å². The Morgan fingerprint density at radius 2 is 1.96 bits per heavy atom. The molecule has 0 saturated carbocycles. The molecule has 1 rings (SSSR count). The third-order valence-electron chi connectivity index (χ3n) is 2.95. The second-order valence-corrected chi connectivity index (χ2v) is 6.21. The summed E-state index contributed by atoms with van der Waals surface area (Å²) in [6.45, 7) is 3.39. The van der Waals surface area contributed by atoms with Gasteiger partial charge in [-0.1, -0.05) is 15.9 Å². The van der Waals surface area contributed by atoms with E-state index in [1.165, 1.54) is 0 Å². The van der Waals surface area contributed by atoms with E-state index in [9.17, 15) is 9.59 Å². The van der Waals surface area contributed by atoms with Crippen LogP contribution in [0, 0.1) is 0 Å². The fourth-order valence-electron chi connectivity index (χ4n) is 1.74. The smallest absolute Gasteiger partial charge is 0.261 e. The summed E-state index contributed by atoms with van der Waals surface area (Å²) < 4.78 is 16.3. The second-order valence-electron chi connectivity index (χ2n) is 4.89. The topological polar surface area (TPSA) is 97.9 Å². The van der Waals surface area contributed by atoms with Crippen LogP contribution in [-0.4, -0.2) is 50.5 Å². The van der Waals surface area contributed by atoms with Crippen molar-refractivity contribution in [3.8, 4) is 5.75 Å². The minimum Gasteiger partial charge on any atom is -0.490 e. The molecule has 0 spiro atoms. The number of hydrazine groups is 1. The highest BCUT2D eigenvalue weighted by Gasteiger charge is 2.15. The molecule has 8 nitrogen and oxygen atoms in total. The predicted octanol–water partition coefficient (Wildman–Crippen LogP) is 1.54. The zero-order valence-corrected chi connectivity index (χ0v) is 17.0. The molecule has 3 N–H and O–H groups in total. The van der Waals surface area contributed by atoms with Crippen LogP contribution in [0.5, 0.6) is 5.75 Å². The number of carbonyl (C=O) groups excluding carboxylic acids is 2. The lowest BCUT2D eigenvalue weighted by molar-refractivity contribution is -0.122. The molecule has 0 aliphatic heterocycles. The Hall–Kier alpha value is -1.75. The highest BCUT2D eigenvalue weighted by atomic mass is 79.9. The number of methoxy groups -OCH3 is 1. The quantitative estimate of drug-likeness (QED) is 0.300. The summed E-state index contributed by atoms with van der Waals surface area (Å²) in [7, 11) is 1.56. The first-order valence-corrected chi connectivity index (χ1v) is 9.07. The van der Waals surface area contributed by atoms with E-state index in [-0.39, 0.29) is 17.4 Å². The van der Waals surface area contributed by atoms with Crippen LogP contribution in [0.2, 0.25) is 0 Å². The van der Waals surface area contributed by atoms with Crippen LogP contribution in [0.4, 0.5) is 0 Å². The fraction of sp³-hybridized carbons (Fsp3) is 0.438. The zero-order chi connectivity index (χ0) is 19.4. The number of thiocarbonyl (C=S) groups is 1. The minimum atomic E-state index is -0.472. The predicted molar refractivity (Wildman–Crippen MR) is 104 cm³/mol. The summed E-state index contributed by atoms with van der Waals surface area (Å²) in [5.41, 5.74) is 5.15. The Bertz CT molecular complexity index is 630. The molecule has 10 heteroatoms. The van der Waals surface area contributed by atoms with Crippen molar-refractivity contribution in [1.29, 1.82) is 0 Å². The van der Waals surface area contributed by atoms with Gasteiger partial charge in [-0.05, 0) is 37.3 Å². The van der Waals surface area contributed by atoms with E-state index in [0.717, 1.165) is 0 Å². The zero-order valence-electron chi connectivity index (χ0n) is 14.6. The highest BCUT2D eigenvalue weighted by Crippen LogP contribution is 2.23. The van der Waals surface area contributed by atoms with E-state index < -0.39 is 5.91 Å². The fourth-order valence-corrected chi connectivity index (χ4v) is 2.25. The lowest BCUT2D eigenvalue weighted by atomic mass is 10.2. The number of hydrogen-bond acceptors (Lipinski definition) is 6. The Balaban J connectivity index is 2.56. The normalized spacial score (nSPS) is 10.1. The maximum absolute atomic E-state index is 12.4. The van der Waals surface area contributed by atoms with E-state index >= 15 is 0 Å². The van der Waals surface area contributed by atoms with Crippen LogP contribution in [0.25, 0.3) is 0 Å². The molecule has 0 aliphatic carbocycles. The van der Waals surface area contributed by atoms with Crippen molar-refractivity contribution < 1.29 is 23.8 Å². The first-order valence-electron chi connectivity index (χ1n) is 7.87. The van der Waals surface area contributed by atoms with Gasteiger partial charge in [0, 0.05) is 18.2 Å². The SMILES string of the molecule is CCOCCC(=O)NNC(=S)NC(=O)c1cc(Br)ccc1OCCOC. The molecule has 0 atom stereocenters. The number of halogens is 1. The number of amides is 2. The van der Waals surface area contributed by atoms with Gasteiger partial charge in [0.2, 0.25) is 5.91 Å². The lowest BCUT2D eigenvalue weighted by Gasteiger charge is -2.14. The Morgan fingerprint density at radius 1 is 1.19 bits per heavy atom. The molecule has 0 unspecified atom stereocenters. The maximum Gasteiger partial charge on any atom is 0.261 e. The molecule has 0 aromatic heterocycles. The number of ether oxygens (including phenoxy) is 3. The summed E-state index contributed by atoms with van der Waals surface area (Å²) in [5, 5.41) is 2.44. The number of rotatable bonds is 9. The van der Waals surface area contributed by atoms with E-state index in [4.69, 9.17) is 26.4 Å². The molecule has 0 saturated heterocycles. The third kappa shape index (κ3) is 8.56. The van der Waals surface area contributed by atoms with Crippen molar-refractivity contribution in [3.05, 3.63) is 28.2 Å². The van der Waals surface area contributed by atoms with Gasteiger partial charge in [0.05, 0.1) is 25.2 Å². The van der Waals surface area contributed by atoms with Crippen molar-refractivity contribution >= 4 is 45.1 Å². The number of carbonyl (C=O) groups is 2. The minimum absolute atomic E-state index is 0.0393. The van der Waals surface area contributed by atoms with Crippen molar-refractivity contribution in [2.24, 2.45) is 0 Å². The standard InChI is InChI=1S/C16H22BrN3O5S/c1-3-24-7-6-14(21)19-20-16(26)18-15(22)12-10-11(17)4-5-13(12)25-9-8-23-2/h4-5,10H,3,6-9H2,1-2H3,(H,19,21)(H2,18,20,22,26). The third-order valence-corrected chi connectivity index (χ3v) is 3.65. The summed E-state index contributed by atoms with van der Waals surface area (Å²) in [6.07, 6.45) is 0.181. The van der Waals surface area contributed by atoms with Crippen molar-refractivity contribution in [1.82, 2.24) is 16.2 Å². The van der Waals surface area contributed by atoms with Crippen LogP contribution in [0.1, 0.15) is 23.7 Å². The molecule has 0 fully saturated rings. The summed E-state index contributed by atoms with van der Waals surface area (Å²) in [5.74, 6) is -0.382. The van der Waals surface area contributed by atoms with Gasteiger partial charge in [-0.15, -0.1) is 0 Å². The van der Waals surface area contributed by atoms with Gasteiger partial charge >= 0.3 is 0 Å². The molecule has 0 bridgehead atoms. The van der Waals surface area contributed by atoms with E-state index in [0.29, 0.717) is 42.2 Å². The van der Waals surface area contributed by atoms with Gasteiger partial charge in [0.25, 0.3) is 5.91 Å². The molecular formula is C16H22BrN3O5S. The number of benzene rings is 1. The van der Waals surface area contributed by atoms with Crippen molar-refractivity contribution in [3.63, 3.8) is 0 Å². The first kappa shape index (κ1) is 22.3. The van der Waals surface area contributed by atoms with Gasteiger partial charge in [0.15, 0.2) is 5.11 Å². The van der Waals surface area contributed by atoms with Gasteiger partial charge in [-0.25, -0.2) is 0 Å². The van der Waals surface area contributed by atoms with Crippen LogP contribution in [0.3, 0.4) is 0 Å². The van der Waals surface area contributed by atoms with Crippen LogP contribution < -0.4 is 20.9 Å². The van der Waals surface area contributed by atoms with Gasteiger partial charge in [0.1, 0.15) is 12.4 Å². The number of hydrogen-bond donors (Lipinski definition) is 3. The molecule has 1 aromatic rings. The Kier molecular flexibility index (Phi) is 10.8. The molecule has 0 aliphatic rings. The average molecular weight is 448 g/mol. The lowest BCUT2D eigenvalue weighted by Crippen LogP contribution is -2.48. The Morgan fingerprint density at radius 3 is 2.65 bits per heavy atom. The van der Waals surface area contributed by atoms with Crippen molar-refractivity contribution in [2.45, 2.75) is 13.3 Å². The maximum atomic E-state index is 12.4. The van der Waals surface area contributed by atoms with Crippen molar-refractivity contribution in [2.75, 3.05) is 33.5 Å². The molecular weight excluding hydrogens is 426 g/mol. The molecule has 2 amide bonds. The second kappa shape index (κ2) is 12.6. The van der Waals surface area contributed by atoms with E-state index in [1.807, 2.05) is 6.92 Å². The van der Waals surface area contributed by atoms with Crippen LogP contribution in [0.15, 0.2) is 22.7 Å². The molecule has 144 valence electrons. The van der Waals surface area contributed by atoms with Crippen LogP contribution >= 0.6 is 28.1 Å². The van der Waals surface area contributed by atoms with E-state index in [2.05, 4.69) is 32.1 Å². The molecule has 1 aromatic carbocycles. The van der Waals surface area contributed by atoms with E-state index in [1.54, 1.807) is 25.3 Å². The molecule has 0 radical (unpaired) electrons. The van der Waals surface area contributed by atoms with Crippen LogP contribution in [-0.2, 0) is 14.3 Å².